The van der Waals surface area contributed by atoms with Gasteiger partial charge in [0.25, 0.3) is 6.08 Å². The van der Waals surface area contributed by atoms with E-state index in [1.165, 1.54) is 0 Å². The van der Waals surface area contributed by atoms with Crippen LogP contribution in [0.5, 0.6) is 0 Å². The fraction of sp³-hybridized carbons (Fsp3) is 0.600. The molecule has 0 saturated heterocycles. The third-order valence-electron chi connectivity index (χ3n) is 2.75. The van der Waals surface area contributed by atoms with Gasteiger partial charge in [0.15, 0.2) is 5.70 Å². The summed E-state index contributed by atoms with van der Waals surface area (Å²) in [5.74, 6) is -4.56. The normalized spacial score (nSPS) is 16.1. The van der Waals surface area contributed by atoms with Gasteiger partial charge in [-0.1, -0.05) is 0 Å². The van der Waals surface area contributed by atoms with Crippen LogP contribution in [-0.2, 0) is 0 Å². The zero-order valence-corrected chi connectivity index (χ0v) is 12.7. The highest BCUT2D eigenvalue weighted by Gasteiger charge is 2.78. The van der Waals surface area contributed by atoms with Crippen molar-refractivity contribution in [2.75, 3.05) is 0 Å². The molecule has 0 heterocycles. The minimum absolute atomic E-state index is 0.731. The van der Waals surface area contributed by atoms with Crippen LogP contribution in [0.15, 0.2) is 21.8 Å². The summed E-state index contributed by atoms with van der Waals surface area (Å²) in [6.07, 6.45) is -37.9. The molecule has 0 aromatic carbocycles. The lowest BCUT2D eigenvalue weighted by molar-refractivity contribution is -0.327. The first kappa shape index (κ1) is 27.8. The van der Waals surface area contributed by atoms with E-state index in [2.05, 4.69) is 0 Å². The molecule has 0 bridgehead atoms. The van der Waals surface area contributed by atoms with Gasteiger partial charge in [-0.05, 0) is 0 Å². The maximum atomic E-state index is 13.4. The smallest absolute Gasteiger partial charge is 0.216 e. The third-order valence-corrected chi connectivity index (χ3v) is 2.75. The van der Waals surface area contributed by atoms with Crippen molar-refractivity contribution >= 4 is 12.1 Å². The maximum absolute atomic E-state index is 13.4. The molecule has 0 aromatic heterocycles. The molecule has 0 N–H and O–H groups in total. The minimum atomic E-state index is -7.40. The van der Waals surface area contributed by atoms with Crippen LogP contribution in [0.2, 0.25) is 0 Å². The van der Waals surface area contributed by atoms with E-state index < -0.39 is 59.9 Å². The molecule has 30 heavy (non-hydrogen) atoms. The molecular weight excluding hydrogens is 490 g/mol. The van der Waals surface area contributed by atoms with Crippen molar-refractivity contribution in [3.63, 3.8) is 0 Å². The van der Waals surface area contributed by atoms with Gasteiger partial charge >= 0.3 is 42.1 Å². The number of alkyl halides is 14. The van der Waals surface area contributed by atoms with Gasteiger partial charge < -0.3 is 0 Å². The summed E-state index contributed by atoms with van der Waals surface area (Å²) in [7, 11) is 0. The van der Waals surface area contributed by atoms with Gasteiger partial charge in [0, 0.05) is 0 Å². The Hall–Kier alpha value is -2.18. The summed E-state index contributed by atoms with van der Waals surface area (Å²) in [6.45, 7) is 0. The van der Waals surface area contributed by atoms with Crippen LogP contribution in [0.1, 0.15) is 0 Å². The third kappa shape index (κ3) is 4.76. The Bertz CT molecular complexity index is 696. The molecule has 0 aliphatic carbocycles. The molecule has 0 fully saturated rings. The molecule has 0 rings (SSSR count). The van der Waals surface area contributed by atoms with E-state index in [1.54, 1.807) is 0 Å². The Morgan fingerprint density at radius 1 is 0.433 bits per heavy atom. The first-order valence-corrected chi connectivity index (χ1v) is 6.05. The molecule has 2 nitrogen and oxygen atoms in total. The highest BCUT2D eigenvalue weighted by molar-refractivity contribution is 5.95. The standard InChI is InChI=1S/C10F18N2/c11-2(12)1(5(15,7(17,18)19)8(20,21)22)29-4(14)30-3(13)6(16,9(23,24)25)10(26,27)28. The summed E-state index contributed by atoms with van der Waals surface area (Å²) in [5, 5.41) is 0. The molecular formula is C10F18N2. The topological polar surface area (TPSA) is 24.7 Å². The molecule has 0 atom stereocenters. The predicted molar refractivity (Wildman–Crippen MR) is 58.2 cm³/mol. The van der Waals surface area contributed by atoms with E-state index in [-0.39, 0.29) is 0 Å². The van der Waals surface area contributed by atoms with Crippen LogP contribution < -0.4 is 0 Å². The number of aliphatic imine (C=N–C) groups is 2. The fourth-order valence-electron chi connectivity index (χ4n) is 1.35. The number of hydrogen-bond donors (Lipinski definition) is 0. The SMILES string of the molecule is FC(=NC(=C(F)F)C(F)(C(F)(F)F)C(F)(F)F)N=C(F)C(F)(C(F)(F)F)C(F)(F)F. The maximum Gasteiger partial charge on any atom is 0.440 e. The second-order valence-corrected chi connectivity index (χ2v) is 4.70. The lowest BCUT2D eigenvalue weighted by Gasteiger charge is -2.29. The average Bonchev–Trinajstić information content (AvgIpc) is 2.45. The second kappa shape index (κ2) is 7.82. The highest BCUT2D eigenvalue weighted by atomic mass is 19.4. The molecule has 20 heteroatoms. The summed E-state index contributed by atoms with van der Waals surface area (Å²) in [5.41, 5.74) is -18.7. The zero-order chi connectivity index (χ0) is 24.7. The predicted octanol–water partition coefficient (Wildman–Crippen LogP) is 6.45. The molecule has 0 unspecified atom stereocenters. The van der Waals surface area contributed by atoms with E-state index >= 15 is 0 Å². The van der Waals surface area contributed by atoms with Gasteiger partial charge in [-0.3, -0.25) is 0 Å². The highest BCUT2D eigenvalue weighted by Crippen LogP contribution is 2.52. The van der Waals surface area contributed by atoms with Gasteiger partial charge in [0.05, 0.1) is 0 Å². The Kier molecular flexibility index (Phi) is 7.25. The number of nitrogens with zero attached hydrogens (tertiary/aromatic N) is 2. The Morgan fingerprint density at radius 3 is 0.967 bits per heavy atom. The van der Waals surface area contributed by atoms with Crippen LogP contribution in [-0.4, -0.2) is 48.1 Å². The first-order valence-electron chi connectivity index (χ1n) is 6.05. The zero-order valence-electron chi connectivity index (χ0n) is 12.7. The quantitative estimate of drug-likeness (QED) is 0.188. The lowest BCUT2D eigenvalue weighted by Crippen LogP contribution is -2.57. The van der Waals surface area contributed by atoms with Crippen molar-refractivity contribution in [3.8, 4) is 0 Å². The van der Waals surface area contributed by atoms with Crippen molar-refractivity contribution < 1.29 is 79.0 Å². The van der Waals surface area contributed by atoms with Crippen LogP contribution in [0.4, 0.5) is 79.0 Å². The van der Waals surface area contributed by atoms with Crippen molar-refractivity contribution in [3.05, 3.63) is 11.8 Å². The van der Waals surface area contributed by atoms with Gasteiger partial charge in [0.2, 0.25) is 5.97 Å². The van der Waals surface area contributed by atoms with Crippen LogP contribution >= 0.6 is 0 Å². The summed E-state index contributed by atoms with van der Waals surface area (Å²) in [4.78, 5) is 1.57. The van der Waals surface area contributed by atoms with E-state index in [4.69, 9.17) is 0 Å². The largest absolute Gasteiger partial charge is 0.440 e. The van der Waals surface area contributed by atoms with Crippen LogP contribution in [0.25, 0.3) is 0 Å². The molecule has 0 aliphatic heterocycles. The van der Waals surface area contributed by atoms with Gasteiger partial charge in [0.1, 0.15) is 0 Å². The van der Waals surface area contributed by atoms with Gasteiger partial charge in [-0.25, -0.2) is 8.78 Å². The monoisotopic (exact) mass is 490 g/mol. The van der Waals surface area contributed by atoms with Crippen LogP contribution in [0, 0.1) is 0 Å². The number of hydrogen-bond acceptors (Lipinski definition) is 1. The first-order chi connectivity index (χ1) is 12.9. The van der Waals surface area contributed by atoms with E-state index in [1.807, 2.05) is 0 Å². The summed E-state index contributed by atoms with van der Waals surface area (Å²) >= 11 is 0. The van der Waals surface area contributed by atoms with E-state index in [0.29, 0.717) is 0 Å². The molecule has 0 saturated carbocycles. The summed E-state index contributed by atoms with van der Waals surface area (Å²) < 4.78 is 224. The molecule has 0 spiro atoms. The number of rotatable bonds is 3. The van der Waals surface area contributed by atoms with Crippen molar-refractivity contribution in [2.24, 2.45) is 9.98 Å². The Labute approximate surface area is 150 Å². The van der Waals surface area contributed by atoms with Gasteiger partial charge in [-0.15, -0.1) is 0 Å². The number of halogens is 18. The van der Waals surface area contributed by atoms with Crippen molar-refractivity contribution in [1.82, 2.24) is 0 Å². The number of allylic oxidation sites excluding steroid dienone is 1. The molecule has 0 amide bonds. The van der Waals surface area contributed by atoms with E-state index in [0.717, 1.165) is 9.98 Å². The van der Waals surface area contributed by atoms with Gasteiger partial charge in [-0.2, -0.15) is 80.2 Å². The number of amidine groups is 1. The molecule has 0 radical (unpaired) electrons. The lowest BCUT2D eigenvalue weighted by atomic mass is 10.0. The summed E-state index contributed by atoms with van der Waals surface area (Å²) in [6, 6.07) is 0. The fourth-order valence-corrected chi connectivity index (χ4v) is 1.35. The minimum Gasteiger partial charge on any atom is -0.216 e. The molecule has 0 aliphatic rings. The second-order valence-electron chi connectivity index (χ2n) is 4.70. The molecule has 0 aromatic rings. The Balaban J connectivity index is 6.81. The average molecular weight is 490 g/mol. The Morgan fingerprint density at radius 2 is 0.733 bits per heavy atom. The van der Waals surface area contributed by atoms with Crippen LogP contribution in [0.3, 0.4) is 0 Å². The van der Waals surface area contributed by atoms with Crippen molar-refractivity contribution in [1.29, 1.82) is 0 Å². The molecule has 176 valence electrons. The van der Waals surface area contributed by atoms with E-state index in [9.17, 15) is 79.0 Å². The van der Waals surface area contributed by atoms with Crippen molar-refractivity contribution in [2.45, 2.75) is 36.0 Å².